The summed E-state index contributed by atoms with van der Waals surface area (Å²) in [6.45, 7) is -1.19. The summed E-state index contributed by atoms with van der Waals surface area (Å²) >= 11 is 0. The minimum Gasteiger partial charge on any atom is -0.468 e. The number of nitro groups is 1. The van der Waals surface area contributed by atoms with Crippen molar-refractivity contribution < 1.29 is 47.7 Å². The normalized spacial score (nSPS) is 12.4. The van der Waals surface area contributed by atoms with E-state index in [9.17, 15) is 28.5 Å². The highest BCUT2D eigenvalue weighted by atomic mass is 19.1. The van der Waals surface area contributed by atoms with Crippen LogP contribution in [0.5, 0.6) is 5.75 Å². The van der Waals surface area contributed by atoms with E-state index in [4.69, 9.17) is 10.2 Å². The Kier molecular flexibility index (Phi) is 7.19. The summed E-state index contributed by atoms with van der Waals surface area (Å²) in [6, 6.07) is 1.03. The molecule has 0 heterocycles. The van der Waals surface area contributed by atoms with Crippen molar-refractivity contribution in [2.45, 2.75) is 11.8 Å². The molecule has 27 heavy (non-hydrogen) atoms. The lowest BCUT2D eigenvalue weighted by atomic mass is 9.85. The van der Waals surface area contributed by atoms with Gasteiger partial charge in [-0.1, -0.05) is 0 Å². The van der Waals surface area contributed by atoms with E-state index in [0.29, 0.717) is 12.1 Å². The number of halogens is 2. The quantitative estimate of drug-likeness (QED) is 0.141. The molecule has 1 atom stereocenters. The predicted octanol–water partition coefficient (Wildman–Crippen LogP) is -1.10. The Hall–Kier alpha value is -2.80. The minimum atomic E-state index is -2.75. The standard InChI is InChI=1S/C14H16BF2NO9/c1-25-12(19)11(13(20)26-2)7(5-18(23)24)10-8(16)3-6(4-9(10)17)27-14(15,21)22/h3-4,7,11,21-22H,5,15H2,1-2H3. The molecule has 0 bridgehead atoms. The SMILES string of the molecule is BC(O)(O)Oc1cc(F)c(C(C[N+](=O)[O-])C(C(=O)OC)C(=O)OC)c(F)c1. The van der Waals surface area contributed by atoms with Crippen molar-refractivity contribution >= 4 is 19.8 Å². The van der Waals surface area contributed by atoms with Crippen LogP contribution in [0, 0.1) is 27.7 Å². The number of hydrogen-bond donors (Lipinski definition) is 2. The molecule has 0 saturated carbocycles. The highest BCUT2D eigenvalue weighted by Crippen LogP contribution is 2.34. The summed E-state index contributed by atoms with van der Waals surface area (Å²) in [7, 11) is 2.54. The molecule has 10 nitrogen and oxygen atoms in total. The Labute approximate surface area is 152 Å². The van der Waals surface area contributed by atoms with Gasteiger partial charge in [0.1, 0.15) is 17.4 Å². The number of benzene rings is 1. The van der Waals surface area contributed by atoms with Crippen LogP contribution in [0.15, 0.2) is 12.1 Å². The van der Waals surface area contributed by atoms with Gasteiger partial charge in [0.05, 0.1) is 20.1 Å². The van der Waals surface area contributed by atoms with Crippen LogP contribution in [0.2, 0.25) is 0 Å². The molecule has 0 radical (unpaired) electrons. The van der Waals surface area contributed by atoms with Crippen LogP contribution in [0.4, 0.5) is 8.78 Å². The van der Waals surface area contributed by atoms with Gasteiger partial charge in [-0.3, -0.25) is 19.7 Å². The van der Waals surface area contributed by atoms with E-state index in [1.54, 1.807) is 0 Å². The number of carbonyl (C=O) groups is 2. The number of ether oxygens (including phenoxy) is 3. The summed E-state index contributed by atoms with van der Waals surface area (Å²) in [5, 5.41) is 29.2. The first-order valence-electron chi connectivity index (χ1n) is 7.31. The van der Waals surface area contributed by atoms with Crippen molar-refractivity contribution in [2.75, 3.05) is 20.8 Å². The molecule has 0 aliphatic carbocycles. The molecule has 2 N–H and O–H groups in total. The van der Waals surface area contributed by atoms with Gasteiger partial charge in [-0.05, 0) is 0 Å². The van der Waals surface area contributed by atoms with Gasteiger partial charge in [0.25, 0.3) is 5.87 Å². The fraction of sp³-hybridized carbons (Fsp3) is 0.429. The molecule has 0 saturated heterocycles. The zero-order valence-electron chi connectivity index (χ0n) is 14.5. The molecule has 148 valence electrons. The van der Waals surface area contributed by atoms with Crippen molar-refractivity contribution in [2.24, 2.45) is 5.92 Å². The second-order valence-electron chi connectivity index (χ2n) is 5.48. The van der Waals surface area contributed by atoms with Crippen molar-refractivity contribution in [3.63, 3.8) is 0 Å². The Morgan fingerprint density at radius 2 is 1.67 bits per heavy atom. The zero-order chi connectivity index (χ0) is 20.9. The smallest absolute Gasteiger partial charge is 0.320 e. The lowest BCUT2D eigenvalue weighted by Crippen LogP contribution is -2.37. The molecular formula is C14H16BF2NO9. The number of hydrogen-bond acceptors (Lipinski definition) is 9. The monoisotopic (exact) mass is 391 g/mol. The van der Waals surface area contributed by atoms with Gasteiger partial charge in [-0.2, -0.15) is 0 Å². The van der Waals surface area contributed by atoms with Crippen molar-refractivity contribution in [1.82, 2.24) is 0 Å². The van der Waals surface area contributed by atoms with Gasteiger partial charge in [0, 0.05) is 22.6 Å². The molecule has 0 spiro atoms. The van der Waals surface area contributed by atoms with Gasteiger partial charge < -0.3 is 24.4 Å². The topological polar surface area (TPSA) is 145 Å². The highest BCUT2D eigenvalue weighted by Gasteiger charge is 2.43. The Bertz CT molecular complexity index is 699. The lowest BCUT2D eigenvalue weighted by molar-refractivity contribution is -0.484. The van der Waals surface area contributed by atoms with Crippen LogP contribution in [0.25, 0.3) is 0 Å². The minimum absolute atomic E-state index is 0.516. The number of nitrogens with zero attached hydrogens (tertiary/aromatic N) is 1. The van der Waals surface area contributed by atoms with Gasteiger partial charge >= 0.3 is 11.9 Å². The Balaban J connectivity index is 3.52. The van der Waals surface area contributed by atoms with Crippen LogP contribution in [-0.2, 0) is 19.1 Å². The van der Waals surface area contributed by atoms with E-state index in [0.717, 1.165) is 22.1 Å². The van der Waals surface area contributed by atoms with Crippen LogP contribution < -0.4 is 4.74 Å². The molecule has 0 aromatic heterocycles. The second-order valence-corrected chi connectivity index (χ2v) is 5.48. The fourth-order valence-electron chi connectivity index (χ4n) is 2.40. The van der Waals surface area contributed by atoms with Crippen LogP contribution in [0.1, 0.15) is 11.5 Å². The average molecular weight is 391 g/mol. The highest BCUT2D eigenvalue weighted by molar-refractivity contribution is 6.12. The maximum Gasteiger partial charge on any atom is 0.320 e. The van der Waals surface area contributed by atoms with Crippen molar-refractivity contribution in [1.29, 1.82) is 0 Å². The fourth-order valence-corrected chi connectivity index (χ4v) is 2.40. The molecule has 0 amide bonds. The van der Waals surface area contributed by atoms with Gasteiger partial charge in [-0.25, -0.2) is 8.78 Å². The zero-order valence-corrected chi connectivity index (χ0v) is 14.5. The maximum atomic E-state index is 14.5. The van der Waals surface area contributed by atoms with E-state index in [1.807, 2.05) is 0 Å². The second kappa shape index (κ2) is 8.73. The predicted molar refractivity (Wildman–Crippen MR) is 84.8 cm³/mol. The number of rotatable bonds is 8. The lowest BCUT2D eigenvalue weighted by Gasteiger charge is -2.23. The molecule has 1 aromatic carbocycles. The van der Waals surface area contributed by atoms with E-state index >= 15 is 0 Å². The number of methoxy groups -OCH3 is 2. The van der Waals surface area contributed by atoms with Gasteiger partial charge in [0.2, 0.25) is 14.4 Å². The number of aliphatic hydroxyl groups is 2. The van der Waals surface area contributed by atoms with Gasteiger partial charge in [0.15, 0.2) is 5.92 Å². The molecule has 0 fully saturated rings. The third-order valence-corrected chi connectivity index (χ3v) is 3.39. The van der Waals surface area contributed by atoms with Crippen molar-refractivity contribution in [3.05, 3.63) is 39.4 Å². The van der Waals surface area contributed by atoms with Crippen LogP contribution in [-0.4, -0.2) is 61.6 Å². The Morgan fingerprint density at radius 3 is 2.00 bits per heavy atom. The first-order chi connectivity index (χ1) is 12.4. The van der Waals surface area contributed by atoms with Crippen molar-refractivity contribution in [3.8, 4) is 5.75 Å². The van der Waals surface area contributed by atoms with Crippen LogP contribution >= 0.6 is 0 Å². The average Bonchev–Trinajstić information content (AvgIpc) is 2.51. The molecule has 1 unspecified atom stereocenters. The molecule has 1 aromatic rings. The maximum absolute atomic E-state index is 14.5. The summed E-state index contributed by atoms with van der Waals surface area (Å²) in [4.78, 5) is 33.8. The molecule has 0 aliphatic rings. The third kappa shape index (κ3) is 5.86. The molecule has 13 heteroatoms. The number of esters is 2. The van der Waals surface area contributed by atoms with E-state index in [1.165, 1.54) is 0 Å². The van der Waals surface area contributed by atoms with E-state index in [2.05, 4.69) is 14.2 Å². The first kappa shape index (κ1) is 22.2. The first-order valence-corrected chi connectivity index (χ1v) is 7.31. The van der Waals surface area contributed by atoms with Crippen LogP contribution in [0.3, 0.4) is 0 Å². The molecular weight excluding hydrogens is 375 g/mol. The van der Waals surface area contributed by atoms with Gasteiger partial charge in [-0.15, -0.1) is 0 Å². The largest absolute Gasteiger partial charge is 0.468 e. The summed E-state index contributed by atoms with van der Waals surface area (Å²) in [5.41, 5.74) is -0.961. The third-order valence-electron chi connectivity index (χ3n) is 3.39. The summed E-state index contributed by atoms with van der Waals surface area (Å²) in [6.07, 6.45) is 0. The molecule has 1 rings (SSSR count). The number of carbonyl (C=O) groups excluding carboxylic acids is 2. The van der Waals surface area contributed by atoms with E-state index in [-0.39, 0.29) is 0 Å². The summed E-state index contributed by atoms with van der Waals surface area (Å²) in [5.74, 6) is -12.7. The molecule has 0 aliphatic heterocycles. The Morgan fingerprint density at radius 1 is 1.22 bits per heavy atom. The summed E-state index contributed by atoms with van der Waals surface area (Å²) < 4.78 is 42.2. The van der Waals surface area contributed by atoms with E-state index < -0.39 is 64.1 Å².